The minimum atomic E-state index is -0.691. The van der Waals surface area contributed by atoms with Crippen LogP contribution in [0.5, 0.6) is 0 Å². The molecule has 3 heterocycles. The van der Waals surface area contributed by atoms with Crippen LogP contribution in [0.25, 0.3) is 11.1 Å². The van der Waals surface area contributed by atoms with Crippen molar-refractivity contribution in [1.82, 2.24) is 14.9 Å². The number of rotatable bonds is 5. The average Bonchev–Trinajstić information content (AvgIpc) is 3.43. The first-order valence-electron chi connectivity index (χ1n) is 13.3. The van der Waals surface area contributed by atoms with Gasteiger partial charge < -0.3 is 29.0 Å². The van der Waals surface area contributed by atoms with E-state index >= 15 is 0 Å². The first kappa shape index (κ1) is 29.4. The zero-order valence-corrected chi connectivity index (χ0v) is 24.2. The van der Waals surface area contributed by atoms with Gasteiger partial charge in [-0.2, -0.15) is 0 Å². The van der Waals surface area contributed by atoms with Crippen LogP contribution in [0.15, 0.2) is 53.6 Å². The molecular formula is C29H36N6O6. The third kappa shape index (κ3) is 8.19. The predicted octanol–water partition coefficient (Wildman–Crippen LogP) is 5.39. The van der Waals surface area contributed by atoms with E-state index in [0.717, 1.165) is 11.1 Å². The number of benzene rings is 1. The Morgan fingerprint density at radius 3 is 2.12 bits per heavy atom. The highest BCUT2D eigenvalue weighted by Gasteiger charge is 2.27. The van der Waals surface area contributed by atoms with Crippen molar-refractivity contribution in [3.63, 3.8) is 0 Å². The number of carbonyl (C=O) groups is 3. The van der Waals surface area contributed by atoms with Gasteiger partial charge in [0.05, 0.1) is 36.3 Å². The molecule has 0 unspecified atom stereocenters. The molecule has 218 valence electrons. The van der Waals surface area contributed by atoms with Gasteiger partial charge in [-0.25, -0.2) is 19.6 Å². The third-order valence-corrected chi connectivity index (χ3v) is 5.88. The molecule has 0 spiro atoms. The third-order valence-electron chi connectivity index (χ3n) is 5.88. The molecule has 41 heavy (non-hydrogen) atoms. The Hall–Kier alpha value is -4.61. The molecule has 0 bridgehead atoms. The van der Waals surface area contributed by atoms with Crippen LogP contribution in [0.3, 0.4) is 0 Å². The van der Waals surface area contributed by atoms with Gasteiger partial charge in [-0.15, -0.1) is 0 Å². The number of aromatic nitrogens is 2. The van der Waals surface area contributed by atoms with Crippen molar-refractivity contribution >= 4 is 35.3 Å². The number of hydrogen-bond donors (Lipinski definition) is 2. The number of ether oxygens (including phenoxy) is 2. The van der Waals surface area contributed by atoms with Crippen LogP contribution >= 0.6 is 0 Å². The van der Waals surface area contributed by atoms with Crippen molar-refractivity contribution in [3.05, 3.63) is 54.9 Å². The minimum Gasteiger partial charge on any atom is -0.472 e. The summed E-state index contributed by atoms with van der Waals surface area (Å²) in [6.45, 7) is 12.9. The van der Waals surface area contributed by atoms with Gasteiger partial charge in [0.2, 0.25) is 0 Å². The summed E-state index contributed by atoms with van der Waals surface area (Å²) >= 11 is 0. The molecule has 1 fully saturated rings. The van der Waals surface area contributed by atoms with Crippen molar-refractivity contribution in [2.45, 2.75) is 52.7 Å². The molecule has 4 rings (SSSR count). The molecule has 1 aliphatic rings. The Kier molecular flexibility index (Phi) is 8.50. The van der Waals surface area contributed by atoms with E-state index in [1.807, 2.05) is 25.7 Å². The summed E-state index contributed by atoms with van der Waals surface area (Å²) in [5.74, 6) is 0.0926. The van der Waals surface area contributed by atoms with E-state index in [1.165, 1.54) is 12.4 Å². The Bertz CT molecular complexity index is 1370. The summed E-state index contributed by atoms with van der Waals surface area (Å²) < 4.78 is 16.0. The van der Waals surface area contributed by atoms with Crippen LogP contribution in [-0.4, -0.2) is 70.3 Å². The largest absolute Gasteiger partial charge is 0.472 e. The summed E-state index contributed by atoms with van der Waals surface area (Å²) in [6, 6.07) is 6.98. The Morgan fingerprint density at radius 2 is 1.54 bits per heavy atom. The van der Waals surface area contributed by atoms with E-state index in [4.69, 9.17) is 13.9 Å². The maximum atomic E-state index is 13.2. The molecule has 0 atom stereocenters. The van der Waals surface area contributed by atoms with Crippen molar-refractivity contribution < 1.29 is 28.3 Å². The summed E-state index contributed by atoms with van der Waals surface area (Å²) in [5, 5.41) is 5.51. The second-order valence-electron chi connectivity index (χ2n) is 11.6. The van der Waals surface area contributed by atoms with Gasteiger partial charge in [0.15, 0.2) is 0 Å². The van der Waals surface area contributed by atoms with Crippen LogP contribution in [0.4, 0.5) is 26.8 Å². The van der Waals surface area contributed by atoms with Crippen molar-refractivity contribution in [2.75, 3.05) is 41.7 Å². The fourth-order valence-corrected chi connectivity index (χ4v) is 4.01. The van der Waals surface area contributed by atoms with Crippen LogP contribution in [-0.2, 0) is 9.47 Å². The number of nitrogens with one attached hydrogen (secondary N) is 2. The molecule has 12 heteroatoms. The van der Waals surface area contributed by atoms with Crippen molar-refractivity contribution in [1.29, 1.82) is 0 Å². The predicted molar refractivity (Wildman–Crippen MR) is 154 cm³/mol. The highest BCUT2D eigenvalue weighted by Crippen LogP contribution is 2.30. The van der Waals surface area contributed by atoms with E-state index < -0.39 is 23.2 Å². The first-order valence-corrected chi connectivity index (χ1v) is 13.3. The standard InChI is InChI=1S/C29H36N6O6/c1-28(2,3)40-26(37)33-21-8-7-19(20-9-14-39-18-20)15-22(21)32-25(36)23-16-31-24(17-30-23)34-10-12-35(13-11-34)27(38)41-29(4,5)6/h7-9,14-18H,10-13H2,1-6H3,(H,32,36)(H,33,37). The molecule has 1 aliphatic heterocycles. The minimum absolute atomic E-state index is 0.0954. The number of piperazine rings is 1. The monoisotopic (exact) mass is 564 g/mol. The highest BCUT2D eigenvalue weighted by molar-refractivity contribution is 6.06. The normalized spacial score (nSPS) is 13.9. The molecule has 0 saturated carbocycles. The number of hydrogen-bond acceptors (Lipinski definition) is 9. The molecule has 1 saturated heterocycles. The van der Waals surface area contributed by atoms with Crippen LogP contribution in [0, 0.1) is 0 Å². The molecule has 1 aromatic carbocycles. The van der Waals surface area contributed by atoms with E-state index in [9.17, 15) is 14.4 Å². The smallest absolute Gasteiger partial charge is 0.412 e. The van der Waals surface area contributed by atoms with E-state index in [-0.39, 0.29) is 11.8 Å². The maximum Gasteiger partial charge on any atom is 0.412 e. The average molecular weight is 565 g/mol. The summed E-state index contributed by atoms with van der Waals surface area (Å²) in [4.78, 5) is 50.3. The van der Waals surface area contributed by atoms with Gasteiger partial charge in [0.25, 0.3) is 5.91 Å². The summed E-state index contributed by atoms with van der Waals surface area (Å²) in [5.41, 5.74) is 1.14. The molecule has 2 aromatic heterocycles. The quantitative estimate of drug-likeness (QED) is 0.417. The summed E-state index contributed by atoms with van der Waals surface area (Å²) in [7, 11) is 0. The number of amides is 3. The van der Waals surface area contributed by atoms with Gasteiger partial charge in [0.1, 0.15) is 22.7 Å². The molecule has 0 aliphatic carbocycles. The second kappa shape index (κ2) is 11.9. The number of furan rings is 1. The van der Waals surface area contributed by atoms with Crippen molar-refractivity contribution in [3.8, 4) is 11.1 Å². The second-order valence-corrected chi connectivity index (χ2v) is 11.6. The SMILES string of the molecule is CC(C)(C)OC(=O)Nc1ccc(-c2ccoc2)cc1NC(=O)c1cnc(N2CCN(C(=O)OC(C)(C)C)CC2)cn1. The van der Waals surface area contributed by atoms with Crippen molar-refractivity contribution in [2.24, 2.45) is 0 Å². The lowest BCUT2D eigenvalue weighted by Gasteiger charge is -2.36. The maximum absolute atomic E-state index is 13.2. The van der Waals surface area contributed by atoms with Crippen LogP contribution < -0.4 is 15.5 Å². The number of anilines is 3. The molecule has 3 aromatic rings. The topological polar surface area (TPSA) is 139 Å². The van der Waals surface area contributed by atoms with E-state index in [2.05, 4.69) is 20.6 Å². The zero-order valence-electron chi connectivity index (χ0n) is 24.2. The highest BCUT2D eigenvalue weighted by atomic mass is 16.6. The lowest BCUT2D eigenvalue weighted by molar-refractivity contribution is 0.0240. The van der Waals surface area contributed by atoms with Crippen LogP contribution in [0.2, 0.25) is 0 Å². The number of carbonyl (C=O) groups excluding carboxylic acids is 3. The van der Waals surface area contributed by atoms with E-state index in [0.29, 0.717) is 43.4 Å². The Morgan fingerprint density at radius 1 is 0.829 bits per heavy atom. The fourth-order valence-electron chi connectivity index (χ4n) is 4.01. The molecule has 3 amide bonds. The lowest BCUT2D eigenvalue weighted by Crippen LogP contribution is -2.50. The van der Waals surface area contributed by atoms with Crippen LogP contribution in [0.1, 0.15) is 52.0 Å². The Labute approximate surface area is 239 Å². The lowest BCUT2D eigenvalue weighted by atomic mass is 10.1. The van der Waals surface area contributed by atoms with Gasteiger partial charge in [-0.1, -0.05) is 6.07 Å². The zero-order chi connectivity index (χ0) is 29.8. The van der Waals surface area contributed by atoms with Gasteiger partial charge >= 0.3 is 12.2 Å². The number of nitrogens with zero attached hydrogens (tertiary/aromatic N) is 4. The summed E-state index contributed by atoms with van der Waals surface area (Å²) in [6.07, 6.45) is 5.06. The molecular weight excluding hydrogens is 528 g/mol. The first-order chi connectivity index (χ1) is 19.3. The molecule has 2 N–H and O–H groups in total. The van der Waals surface area contributed by atoms with Gasteiger partial charge in [-0.05, 0) is 65.3 Å². The van der Waals surface area contributed by atoms with Gasteiger partial charge in [0, 0.05) is 31.7 Å². The van der Waals surface area contributed by atoms with Gasteiger partial charge in [-0.3, -0.25) is 10.1 Å². The Balaban J connectivity index is 1.44. The van der Waals surface area contributed by atoms with E-state index in [1.54, 1.807) is 62.5 Å². The fraction of sp³-hybridized carbons (Fsp3) is 0.414. The molecule has 0 radical (unpaired) electrons. The molecule has 12 nitrogen and oxygen atoms in total.